The van der Waals surface area contributed by atoms with Gasteiger partial charge in [0, 0.05) is 20.1 Å². The molecular weight excluding hydrogens is 252 g/mol. The van der Waals surface area contributed by atoms with Crippen LogP contribution in [0.1, 0.15) is 38.2 Å². The smallest absolute Gasteiger partial charge is 0.232 e. The Morgan fingerprint density at radius 1 is 1.15 bits per heavy atom. The lowest BCUT2D eigenvalue weighted by molar-refractivity contribution is -0.135. The van der Waals surface area contributed by atoms with E-state index in [0.717, 1.165) is 24.8 Å². The maximum Gasteiger partial charge on any atom is 0.232 e. The summed E-state index contributed by atoms with van der Waals surface area (Å²) in [6, 6.07) is 9.75. The minimum absolute atomic E-state index is 0.0739. The highest BCUT2D eigenvalue weighted by Crippen LogP contribution is 2.04. The Morgan fingerprint density at radius 2 is 1.85 bits per heavy atom. The molecule has 0 aliphatic heterocycles. The molecular formula is C16H24N2O2. The molecule has 0 atom stereocenters. The number of carbonyl (C=O) groups is 2. The van der Waals surface area contributed by atoms with Crippen molar-refractivity contribution in [1.82, 2.24) is 10.2 Å². The van der Waals surface area contributed by atoms with Gasteiger partial charge >= 0.3 is 0 Å². The molecule has 110 valence electrons. The first kappa shape index (κ1) is 16.2. The number of amides is 2. The Balaban J connectivity index is 2.29. The number of carbonyl (C=O) groups excluding carboxylic acids is 2. The van der Waals surface area contributed by atoms with Gasteiger partial charge in [0.15, 0.2) is 0 Å². The summed E-state index contributed by atoms with van der Waals surface area (Å²) in [7, 11) is 1.72. The predicted molar refractivity (Wildman–Crippen MR) is 80.1 cm³/mol. The first-order valence-corrected chi connectivity index (χ1v) is 7.18. The van der Waals surface area contributed by atoms with Gasteiger partial charge in [0.25, 0.3) is 0 Å². The van der Waals surface area contributed by atoms with Crippen LogP contribution in [-0.4, -0.2) is 30.3 Å². The number of rotatable bonds is 8. The summed E-state index contributed by atoms with van der Waals surface area (Å²) in [5, 5.41) is 2.78. The molecule has 4 nitrogen and oxygen atoms in total. The van der Waals surface area contributed by atoms with Gasteiger partial charge in [0.2, 0.25) is 11.8 Å². The van der Waals surface area contributed by atoms with Crippen molar-refractivity contribution in [3.63, 3.8) is 0 Å². The van der Waals surface area contributed by atoms with E-state index in [9.17, 15) is 9.59 Å². The molecule has 0 radical (unpaired) electrons. The molecule has 0 bridgehead atoms. The van der Waals surface area contributed by atoms with E-state index in [0.29, 0.717) is 13.1 Å². The highest BCUT2D eigenvalue weighted by atomic mass is 16.2. The third-order valence-electron chi connectivity index (χ3n) is 3.10. The zero-order valence-corrected chi connectivity index (χ0v) is 12.4. The van der Waals surface area contributed by atoms with E-state index in [1.807, 2.05) is 30.3 Å². The van der Waals surface area contributed by atoms with Gasteiger partial charge in [0.1, 0.15) is 6.42 Å². The highest BCUT2D eigenvalue weighted by molar-refractivity contribution is 5.96. The molecule has 0 fully saturated rings. The summed E-state index contributed by atoms with van der Waals surface area (Å²) in [5.74, 6) is -0.340. The molecule has 4 heteroatoms. The monoisotopic (exact) mass is 276 g/mol. The molecule has 0 saturated heterocycles. The molecule has 1 N–H and O–H groups in total. The van der Waals surface area contributed by atoms with E-state index in [1.165, 1.54) is 0 Å². The van der Waals surface area contributed by atoms with Gasteiger partial charge in [-0.1, -0.05) is 50.1 Å². The number of nitrogens with one attached hydrogen (secondary N) is 1. The summed E-state index contributed by atoms with van der Waals surface area (Å²) in [4.78, 5) is 25.1. The normalized spacial score (nSPS) is 10.1. The molecule has 1 aromatic carbocycles. The first-order chi connectivity index (χ1) is 9.63. The van der Waals surface area contributed by atoms with Crippen LogP contribution >= 0.6 is 0 Å². The Kier molecular flexibility index (Phi) is 7.40. The molecule has 0 aromatic heterocycles. The van der Waals surface area contributed by atoms with Crippen molar-refractivity contribution < 1.29 is 9.59 Å². The summed E-state index contributed by atoms with van der Waals surface area (Å²) in [6.07, 6.45) is 3.11. The van der Waals surface area contributed by atoms with Crippen LogP contribution in [-0.2, 0) is 16.1 Å². The average Bonchev–Trinajstić information content (AvgIpc) is 2.44. The maximum absolute atomic E-state index is 11.9. The largest absolute Gasteiger partial charge is 0.356 e. The Hall–Kier alpha value is -1.84. The lowest BCUT2D eigenvalue weighted by Crippen LogP contribution is -2.33. The molecule has 0 saturated carbocycles. The Morgan fingerprint density at radius 3 is 2.50 bits per heavy atom. The lowest BCUT2D eigenvalue weighted by atomic mass is 10.2. The van der Waals surface area contributed by atoms with Gasteiger partial charge in [-0.2, -0.15) is 0 Å². The second-order valence-corrected chi connectivity index (χ2v) is 4.97. The van der Waals surface area contributed by atoms with Crippen LogP contribution in [0.15, 0.2) is 30.3 Å². The molecule has 1 rings (SSSR count). The summed E-state index contributed by atoms with van der Waals surface area (Å²) < 4.78 is 0. The SMILES string of the molecule is CCCCCNC(=O)CC(=O)N(C)Cc1ccccc1. The van der Waals surface area contributed by atoms with Crippen molar-refractivity contribution >= 4 is 11.8 Å². The molecule has 20 heavy (non-hydrogen) atoms. The van der Waals surface area contributed by atoms with Crippen molar-refractivity contribution in [3.05, 3.63) is 35.9 Å². The molecule has 0 unspecified atom stereocenters. The predicted octanol–water partition coefficient (Wildman–Crippen LogP) is 2.34. The van der Waals surface area contributed by atoms with Gasteiger partial charge < -0.3 is 10.2 Å². The summed E-state index contributed by atoms with van der Waals surface area (Å²) in [5.41, 5.74) is 1.06. The van der Waals surface area contributed by atoms with Crippen molar-refractivity contribution in [2.45, 2.75) is 39.2 Å². The second kappa shape index (κ2) is 9.13. The quantitative estimate of drug-likeness (QED) is 0.585. The molecule has 0 spiro atoms. The summed E-state index contributed by atoms with van der Waals surface area (Å²) in [6.45, 7) is 3.30. The number of hydrogen-bond donors (Lipinski definition) is 1. The molecule has 0 heterocycles. The van der Waals surface area contributed by atoms with Gasteiger partial charge in [-0.05, 0) is 12.0 Å². The maximum atomic E-state index is 11.9. The minimum Gasteiger partial charge on any atom is -0.356 e. The fourth-order valence-corrected chi connectivity index (χ4v) is 1.88. The number of unbranched alkanes of at least 4 members (excludes halogenated alkanes) is 2. The van der Waals surface area contributed by atoms with Crippen molar-refractivity contribution in [3.8, 4) is 0 Å². The van der Waals surface area contributed by atoms with E-state index in [4.69, 9.17) is 0 Å². The van der Waals surface area contributed by atoms with Gasteiger partial charge in [-0.15, -0.1) is 0 Å². The van der Waals surface area contributed by atoms with Crippen LogP contribution in [0.4, 0.5) is 0 Å². The molecule has 0 aliphatic carbocycles. The number of nitrogens with zero attached hydrogens (tertiary/aromatic N) is 1. The van der Waals surface area contributed by atoms with Gasteiger partial charge in [-0.25, -0.2) is 0 Å². The van der Waals surface area contributed by atoms with Crippen molar-refractivity contribution in [2.24, 2.45) is 0 Å². The standard InChI is InChI=1S/C16H24N2O2/c1-3-4-8-11-17-15(19)12-16(20)18(2)13-14-9-6-5-7-10-14/h5-7,9-10H,3-4,8,11-13H2,1-2H3,(H,17,19). The fourth-order valence-electron chi connectivity index (χ4n) is 1.88. The lowest BCUT2D eigenvalue weighted by Gasteiger charge is -2.17. The Labute approximate surface area is 121 Å². The van der Waals surface area contributed by atoms with E-state index in [2.05, 4.69) is 12.2 Å². The molecule has 1 aromatic rings. The van der Waals surface area contributed by atoms with E-state index in [-0.39, 0.29) is 18.2 Å². The number of hydrogen-bond acceptors (Lipinski definition) is 2. The van der Waals surface area contributed by atoms with Gasteiger partial charge in [-0.3, -0.25) is 9.59 Å². The molecule has 0 aliphatic rings. The van der Waals surface area contributed by atoms with Crippen LogP contribution < -0.4 is 5.32 Å². The van der Waals surface area contributed by atoms with Crippen LogP contribution in [0.25, 0.3) is 0 Å². The third-order valence-corrected chi connectivity index (χ3v) is 3.10. The van der Waals surface area contributed by atoms with E-state index >= 15 is 0 Å². The van der Waals surface area contributed by atoms with E-state index in [1.54, 1.807) is 11.9 Å². The zero-order chi connectivity index (χ0) is 14.8. The topological polar surface area (TPSA) is 49.4 Å². The van der Waals surface area contributed by atoms with Crippen LogP contribution in [0.5, 0.6) is 0 Å². The summed E-state index contributed by atoms with van der Waals surface area (Å²) >= 11 is 0. The van der Waals surface area contributed by atoms with Gasteiger partial charge in [0.05, 0.1) is 0 Å². The fraction of sp³-hybridized carbons (Fsp3) is 0.500. The van der Waals surface area contributed by atoms with Crippen LogP contribution in [0.3, 0.4) is 0 Å². The third kappa shape index (κ3) is 6.36. The zero-order valence-electron chi connectivity index (χ0n) is 12.4. The number of benzene rings is 1. The minimum atomic E-state index is -0.189. The van der Waals surface area contributed by atoms with Crippen molar-refractivity contribution in [1.29, 1.82) is 0 Å². The average molecular weight is 276 g/mol. The van der Waals surface area contributed by atoms with E-state index < -0.39 is 0 Å². The van der Waals surface area contributed by atoms with Crippen LogP contribution in [0.2, 0.25) is 0 Å². The Bertz CT molecular complexity index is 418. The first-order valence-electron chi connectivity index (χ1n) is 7.18. The molecule has 2 amide bonds. The second-order valence-electron chi connectivity index (χ2n) is 4.97. The van der Waals surface area contributed by atoms with Crippen molar-refractivity contribution in [2.75, 3.05) is 13.6 Å². The highest BCUT2D eigenvalue weighted by Gasteiger charge is 2.13. The van der Waals surface area contributed by atoms with Crippen LogP contribution in [0, 0.1) is 0 Å².